The summed E-state index contributed by atoms with van der Waals surface area (Å²) >= 11 is 0. The Hall–Kier alpha value is -1.07. The minimum absolute atomic E-state index is 0.256. The Labute approximate surface area is 108 Å². The van der Waals surface area contributed by atoms with Gasteiger partial charge in [-0.2, -0.15) is 8.42 Å². The van der Waals surface area contributed by atoms with Crippen LogP contribution in [0, 0.1) is 0 Å². The highest BCUT2D eigenvalue weighted by atomic mass is 32.2. The van der Waals surface area contributed by atoms with Crippen molar-refractivity contribution in [3.8, 4) is 5.75 Å². The van der Waals surface area contributed by atoms with Crippen molar-refractivity contribution >= 4 is 10.1 Å². The zero-order chi connectivity index (χ0) is 13.2. The molecular weight excluding hydrogens is 252 g/mol. The van der Waals surface area contributed by atoms with Gasteiger partial charge in [-0.15, -0.1) is 0 Å². The second-order valence-corrected chi connectivity index (χ2v) is 6.25. The van der Waals surface area contributed by atoms with Crippen molar-refractivity contribution in [3.05, 3.63) is 29.3 Å². The van der Waals surface area contributed by atoms with Gasteiger partial charge in [0.1, 0.15) is 5.75 Å². The van der Waals surface area contributed by atoms with Crippen LogP contribution >= 0.6 is 0 Å². The first-order chi connectivity index (χ1) is 8.48. The summed E-state index contributed by atoms with van der Waals surface area (Å²) in [6.45, 7) is 0. The number of hydrogen-bond donors (Lipinski definition) is 0. The van der Waals surface area contributed by atoms with E-state index in [0.29, 0.717) is 6.42 Å². The van der Waals surface area contributed by atoms with Crippen LogP contribution in [-0.2, 0) is 27.1 Å². The van der Waals surface area contributed by atoms with E-state index in [9.17, 15) is 8.42 Å². The van der Waals surface area contributed by atoms with Crippen molar-refractivity contribution in [1.29, 1.82) is 0 Å². The molecular formula is C13H18O4S. The number of aryl methyl sites for hydroxylation is 1. The second kappa shape index (κ2) is 5.28. The van der Waals surface area contributed by atoms with Gasteiger partial charge >= 0.3 is 0 Å². The Morgan fingerprint density at radius 3 is 2.72 bits per heavy atom. The number of ether oxygens (including phenoxy) is 1. The first-order valence-corrected chi connectivity index (χ1v) is 7.83. The summed E-state index contributed by atoms with van der Waals surface area (Å²) in [5.41, 5.74) is 2.39. The van der Waals surface area contributed by atoms with Crippen LogP contribution < -0.4 is 4.74 Å². The van der Waals surface area contributed by atoms with E-state index in [2.05, 4.69) is 6.07 Å². The van der Waals surface area contributed by atoms with E-state index in [1.807, 2.05) is 12.1 Å². The topological polar surface area (TPSA) is 52.6 Å². The molecule has 1 unspecified atom stereocenters. The van der Waals surface area contributed by atoms with Gasteiger partial charge in [0.15, 0.2) is 0 Å². The molecule has 1 atom stereocenters. The molecule has 2 rings (SSSR count). The lowest BCUT2D eigenvalue weighted by Gasteiger charge is -2.14. The van der Waals surface area contributed by atoms with Crippen molar-refractivity contribution in [1.82, 2.24) is 0 Å². The van der Waals surface area contributed by atoms with Gasteiger partial charge in [-0.1, -0.05) is 6.07 Å². The molecule has 0 radical (unpaired) electrons. The third kappa shape index (κ3) is 3.46. The lowest BCUT2D eigenvalue weighted by molar-refractivity contribution is 0.201. The molecule has 1 aromatic carbocycles. The van der Waals surface area contributed by atoms with Gasteiger partial charge in [0.2, 0.25) is 0 Å². The number of benzene rings is 1. The van der Waals surface area contributed by atoms with Crippen LogP contribution in [0.4, 0.5) is 0 Å². The Bertz CT molecular complexity index is 522. The van der Waals surface area contributed by atoms with Crippen LogP contribution in [0.1, 0.15) is 24.0 Å². The monoisotopic (exact) mass is 270 g/mol. The highest BCUT2D eigenvalue weighted by molar-refractivity contribution is 7.86. The SMILES string of the molecule is COc1ccc2c(c1)CC(OS(C)(=O)=O)CCC2. The molecule has 100 valence electrons. The van der Waals surface area contributed by atoms with Gasteiger partial charge in [0.05, 0.1) is 19.5 Å². The summed E-state index contributed by atoms with van der Waals surface area (Å²) in [5.74, 6) is 0.800. The smallest absolute Gasteiger partial charge is 0.264 e. The van der Waals surface area contributed by atoms with Gasteiger partial charge < -0.3 is 4.74 Å². The average molecular weight is 270 g/mol. The van der Waals surface area contributed by atoms with Crippen LogP contribution in [0.5, 0.6) is 5.75 Å². The van der Waals surface area contributed by atoms with Gasteiger partial charge in [-0.05, 0) is 42.5 Å². The summed E-state index contributed by atoms with van der Waals surface area (Å²) in [7, 11) is -1.76. The van der Waals surface area contributed by atoms with E-state index in [1.165, 1.54) is 5.56 Å². The number of fused-ring (bicyclic) bond motifs is 1. The predicted molar refractivity (Wildman–Crippen MR) is 69.4 cm³/mol. The van der Waals surface area contributed by atoms with Crippen LogP contribution in [0.25, 0.3) is 0 Å². The molecule has 0 aromatic heterocycles. The van der Waals surface area contributed by atoms with Gasteiger partial charge in [0.25, 0.3) is 10.1 Å². The van der Waals surface area contributed by atoms with Gasteiger partial charge in [-0.25, -0.2) is 0 Å². The van der Waals surface area contributed by atoms with E-state index in [-0.39, 0.29) is 6.10 Å². The van der Waals surface area contributed by atoms with E-state index in [1.54, 1.807) is 7.11 Å². The first kappa shape index (κ1) is 13.4. The molecule has 0 heterocycles. The molecule has 0 fully saturated rings. The van der Waals surface area contributed by atoms with Gasteiger partial charge in [0, 0.05) is 6.42 Å². The van der Waals surface area contributed by atoms with E-state index in [4.69, 9.17) is 8.92 Å². The average Bonchev–Trinajstić information content (AvgIpc) is 2.47. The molecule has 1 aliphatic rings. The molecule has 0 bridgehead atoms. The summed E-state index contributed by atoms with van der Waals surface area (Å²) in [6.07, 6.45) is 4.14. The first-order valence-electron chi connectivity index (χ1n) is 6.02. The minimum atomic E-state index is -3.39. The van der Waals surface area contributed by atoms with E-state index < -0.39 is 10.1 Å². The fourth-order valence-electron chi connectivity index (χ4n) is 2.36. The maximum absolute atomic E-state index is 11.2. The van der Waals surface area contributed by atoms with Crippen molar-refractivity contribution in [2.24, 2.45) is 0 Å². The maximum atomic E-state index is 11.2. The lowest BCUT2D eigenvalue weighted by Crippen LogP contribution is -2.19. The maximum Gasteiger partial charge on any atom is 0.264 e. The second-order valence-electron chi connectivity index (χ2n) is 4.65. The Morgan fingerprint density at radius 2 is 2.06 bits per heavy atom. The Kier molecular flexibility index (Phi) is 3.92. The summed E-state index contributed by atoms with van der Waals surface area (Å²) < 4.78 is 32.7. The van der Waals surface area contributed by atoms with Crippen molar-refractivity contribution in [2.75, 3.05) is 13.4 Å². The molecule has 0 saturated heterocycles. The van der Waals surface area contributed by atoms with E-state index >= 15 is 0 Å². The standard InChI is InChI=1S/C13H18O4S/c1-16-12-7-6-10-4-3-5-13(9-11(10)8-12)17-18(2,14)15/h6-8,13H,3-5,9H2,1-2H3. The number of methoxy groups -OCH3 is 1. The summed E-state index contributed by atoms with van der Waals surface area (Å²) in [6, 6.07) is 5.97. The minimum Gasteiger partial charge on any atom is -0.497 e. The molecule has 1 aliphatic carbocycles. The van der Waals surface area contributed by atoms with Gasteiger partial charge in [-0.3, -0.25) is 4.18 Å². The molecule has 0 saturated carbocycles. The predicted octanol–water partition coefficient (Wildman–Crippen LogP) is 1.92. The zero-order valence-corrected chi connectivity index (χ0v) is 11.5. The Morgan fingerprint density at radius 1 is 1.28 bits per heavy atom. The van der Waals surface area contributed by atoms with Crippen molar-refractivity contribution in [2.45, 2.75) is 31.8 Å². The Balaban J connectivity index is 2.22. The molecule has 5 heteroatoms. The van der Waals surface area contributed by atoms with Crippen molar-refractivity contribution in [3.63, 3.8) is 0 Å². The van der Waals surface area contributed by atoms with Crippen LogP contribution in [0.15, 0.2) is 18.2 Å². The molecule has 0 amide bonds. The quantitative estimate of drug-likeness (QED) is 0.622. The lowest BCUT2D eigenvalue weighted by atomic mass is 10.0. The molecule has 4 nitrogen and oxygen atoms in total. The van der Waals surface area contributed by atoms with Crippen LogP contribution in [-0.4, -0.2) is 27.9 Å². The molecule has 0 aliphatic heterocycles. The highest BCUT2D eigenvalue weighted by Crippen LogP contribution is 2.26. The third-order valence-corrected chi connectivity index (χ3v) is 3.77. The molecule has 0 N–H and O–H groups in total. The largest absolute Gasteiger partial charge is 0.497 e. The van der Waals surface area contributed by atoms with Crippen molar-refractivity contribution < 1.29 is 17.3 Å². The highest BCUT2D eigenvalue weighted by Gasteiger charge is 2.21. The van der Waals surface area contributed by atoms with E-state index in [0.717, 1.165) is 36.8 Å². The summed E-state index contributed by atoms with van der Waals surface area (Å²) in [4.78, 5) is 0. The number of rotatable bonds is 3. The third-order valence-electron chi connectivity index (χ3n) is 3.14. The number of hydrogen-bond acceptors (Lipinski definition) is 4. The fourth-order valence-corrected chi connectivity index (χ4v) is 3.02. The van der Waals surface area contributed by atoms with Crippen LogP contribution in [0.2, 0.25) is 0 Å². The summed E-state index contributed by atoms with van der Waals surface area (Å²) in [5, 5.41) is 0. The van der Waals surface area contributed by atoms with Crippen LogP contribution in [0.3, 0.4) is 0 Å². The molecule has 0 spiro atoms. The molecule has 1 aromatic rings. The normalized spacial score (nSPS) is 20.0. The zero-order valence-electron chi connectivity index (χ0n) is 10.7. The fraction of sp³-hybridized carbons (Fsp3) is 0.538. The molecule has 18 heavy (non-hydrogen) atoms.